The molecule has 0 aliphatic carbocycles. The zero-order chi connectivity index (χ0) is 8.39. The minimum atomic E-state index is 0.484. The first-order valence-electron chi connectivity index (χ1n) is 3.38. The van der Waals surface area contributed by atoms with Gasteiger partial charge in [0.1, 0.15) is 12.0 Å². The number of aromatic nitrogens is 2. The highest BCUT2D eigenvalue weighted by Gasteiger charge is 2.02. The van der Waals surface area contributed by atoms with Crippen LogP contribution >= 0.6 is 11.6 Å². The van der Waals surface area contributed by atoms with Gasteiger partial charge in [-0.1, -0.05) is 11.6 Å². The van der Waals surface area contributed by atoms with Crippen LogP contribution in [0.3, 0.4) is 0 Å². The van der Waals surface area contributed by atoms with Crippen molar-refractivity contribution in [2.75, 3.05) is 0 Å². The van der Waals surface area contributed by atoms with Crippen LogP contribution in [0.25, 0.3) is 11.6 Å². The summed E-state index contributed by atoms with van der Waals surface area (Å²) in [6.45, 7) is 0. The number of nitrogens with zero attached hydrogens (tertiary/aromatic N) is 2. The fourth-order valence-electron chi connectivity index (χ4n) is 0.872. The van der Waals surface area contributed by atoms with Gasteiger partial charge in [-0.25, -0.2) is 4.98 Å². The van der Waals surface area contributed by atoms with Crippen LogP contribution in [0.2, 0.25) is 5.02 Å². The molecule has 60 valence electrons. The number of rotatable bonds is 1. The number of oxazole rings is 1. The van der Waals surface area contributed by atoms with E-state index in [9.17, 15) is 0 Å². The maximum Gasteiger partial charge on any atom is 0.245 e. The largest absolute Gasteiger partial charge is 0.443 e. The van der Waals surface area contributed by atoms with Crippen molar-refractivity contribution in [3.63, 3.8) is 0 Å². The van der Waals surface area contributed by atoms with Crippen LogP contribution in [0.15, 0.2) is 35.2 Å². The number of halogens is 1. The molecule has 0 radical (unpaired) electrons. The van der Waals surface area contributed by atoms with Crippen LogP contribution in [0.5, 0.6) is 0 Å². The topological polar surface area (TPSA) is 38.9 Å². The molecule has 2 aromatic heterocycles. The van der Waals surface area contributed by atoms with Crippen LogP contribution in [0, 0.1) is 0 Å². The Kier molecular flexibility index (Phi) is 1.80. The summed E-state index contributed by atoms with van der Waals surface area (Å²) in [7, 11) is 0. The molecule has 0 N–H and O–H groups in total. The summed E-state index contributed by atoms with van der Waals surface area (Å²) in [5.41, 5.74) is 0.646. The monoisotopic (exact) mass is 180 g/mol. The highest BCUT2D eigenvalue weighted by molar-refractivity contribution is 6.30. The third kappa shape index (κ3) is 1.31. The molecule has 0 unspecified atom stereocenters. The Hall–Kier alpha value is -1.35. The van der Waals surface area contributed by atoms with Gasteiger partial charge in [-0.15, -0.1) is 0 Å². The highest BCUT2D eigenvalue weighted by atomic mass is 35.5. The molecule has 2 aromatic rings. The summed E-state index contributed by atoms with van der Waals surface area (Å²) in [6.07, 6.45) is 4.68. The Balaban J connectivity index is 2.48. The minimum Gasteiger partial charge on any atom is -0.443 e. The van der Waals surface area contributed by atoms with Gasteiger partial charge in [0.25, 0.3) is 0 Å². The normalized spacial score (nSPS) is 10.1. The molecule has 2 rings (SSSR count). The Morgan fingerprint density at radius 3 is 2.83 bits per heavy atom. The van der Waals surface area contributed by atoms with Crippen LogP contribution in [0.1, 0.15) is 0 Å². The fraction of sp³-hybridized carbons (Fsp3) is 0. The van der Waals surface area contributed by atoms with E-state index in [1.807, 2.05) is 0 Å². The fourth-order valence-corrected chi connectivity index (χ4v) is 1.03. The van der Waals surface area contributed by atoms with Crippen LogP contribution in [-0.4, -0.2) is 9.97 Å². The van der Waals surface area contributed by atoms with Crippen molar-refractivity contribution in [3.05, 3.63) is 35.8 Å². The van der Waals surface area contributed by atoms with Gasteiger partial charge in [0.2, 0.25) is 5.89 Å². The Morgan fingerprint density at radius 2 is 2.17 bits per heavy atom. The molecule has 3 nitrogen and oxygen atoms in total. The Morgan fingerprint density at radius 1 is 1.25 bits per heavy atom. The highest BCUT2D eigenvalue weighted by Crippen LogP contribution is 2.17. The molecule has 0 atom stereocenters. The van der Waals surface area contributed by atoms with E-state index in [0.717, 1.165) is 0 Å². The zero-order valence-corrected chi connectivity index (χ0v) is 6.82. The molecule has 0 fully saturated rings. The van der Waals surface area contributed by atoms with Crippen molar-refractivity contribution in [1.29, 1.82) is 0 Å². The smallest absolute Gasteiger partial charge is 0.245 e. The molecule has 0 aliphatic heterocycles. The lowest BCUT2D eigenvalue weighted by molar-refractivity contribution is 0.572. The summed E-state index contributed by atoms with van der Waals surface area (Å²) < 4.78 is 5.04. The van der Waals surface area contributed by atoms with E-state index in [-0.39, 0.29) is 0 Å². The van der Waals surface area contributed by atoms with Crippen molar-refractivity contribution in [2.45, 2.75) is 0 Å². The standard InChI is InChI=1S/C8H5ClN2O/c9-6-1-2-10-7(5-6)8-11-3-4-12-8/h1-5H. The lowest BCUT2D eigenvalue weighted by atomic mass is 10.3. The molecule has 0 bridgehead atoms. The number of hydrogen-bond donors (Lipinski definition) is 0. The van der Waals surface area contributed by atoms with Gasteiger partial charge in [-0.05, 0) is 12.1 Å². The van der Waals surface area contributed by atoms with Gasteiger partial charge >= 0.3 is 0 Å². The molecule has 0 aromatic carbocycles. The van der Waals surface area contributed by atoms with Crippen molar-refractivity contribution < 1.29 is 4.42 Å². The Bertz CT molecular complexity index is 372. The van der Waals surface area contributed by atoms with Crippen molar-refractivity contribution in [3.8, 4) is 11.6 Å². The first kappa shape index (κ1) is 7.31. The van der Waals surface area contributed by atoms with Gasteiger partial charge in [-0.3, -0.25) is 4.98 Å². The lowest BCUT2D eigenvalue weighted by Gasteiger charge is -1.93. The maximum absolute atomic E-state index is 5.75. The van der Waals surface area contributed by atoms with E-state index in [0.29, 0.717) is 16.6 Å². The summed E-state index contributed by atoms with van der Waals surface area (Å²) in [6, 6.07) is 3.40. The number of hydrogen-bond acceptors (Lipinski definition) is 3. The van der Waals surface area contributed by atoms with Crippen molar-refractivity contribution >= 4 is 11.6 Å². The first-order valence-corrected chi connectivity index (χ1v) is 3.75. The quantitative estimate of drug-likeness (QED) is 0.677. The van der Waals surface area contributed by atoms with Gasteiger partial charge in [-0.2, -0.15) is 0 Å². The summed E-state index contributed by atoms with van der Waals surface area (Å²) in [5, 5.41) is 0.623. The predicted molar refractivity (Wildman–Crippen MR) is 44.7 cm³/mol. The summed E-state index contributed by atoms with van der Waals surface area (Å²) in [5.74, 6) is 0.484. The van der Waals surface area contributed by atoms with E-state index < -0.39 is 0 Å². The van der Waals surface area contributed by atoms with Gasteiger partial charge in [0.05, 0.1) is 6.20 Å². The molecule has 2 heterocycles. The van der Waals surface area contributed by atoms with Crippen LogP contribution < -0.4 is 0 Å². The molecular formula is C8H5ClN2O. The summed E-state index contributed by atoms with van der Waals surface area (Å²) >= 11 is 5.75. The Labute approximate surface area is 74.0 Å². The maximum atomic E-state index is 5.75. The second-order valence-corrected chi connectivity index (χ2v) is 2.63. The molecule has 0 spiro atoms. The van der Waals surface area contributed by atoms with E-state index in [4.69, 9.17) is 16.0 Å². The molecule has 0 amide bonds. The third-order valence-electron chi connectivity index (χ3n) is 1.37. The third-order valence-corrected chi connectivity index (χ3v) is 1.61. The molecule has 12 heavy (non-hydrogen) atoms. The van der Waals surface area contributed by atoms with Crippen LogP contribution in [-0.2, 0) is 0 Å². The minimum absolute atomic E-state index is 0.484. The molecule has 0 aliphatic rings. The number of pyridine rings is 1. The van der Waals surface area contributed by atoms with Gasteiger partial charge in [0.15, 0.2) is 0 Å². The molecule has 0 saturated heterocycles. The predicted octanol–water partition coefficient (Wildman–Crippen LogP) is 2.39. The van der Waals surface area contributed by atoms with Crippen molar-refractivity contribution in [1.82, 2.24) is 9.97 Å². The van der Waals surface area contributed by atoms with E-state index in [1.54, 1.807) is 24.5 Å². The average molecular weight is 181 g/mol. The van der Waals surface area contributed by atoms with Gasteiger partial charge in [0, 0.05) is 11.2 Å². The second kappa shape index (κ2) is 2.95. The van der Waals surface area contributed by atoms with Crippen molar-refractivity contribution in [2.24, 2.45) is 0 Å². The zero-order valence-electron chi connectivity index (χ0n) is 6.07. The van der Waals surface area contributed by atoms with E-state index in [2.05, 4.69) is 9.97 Å². The van der Waals surface area contributed by atoms with Crippen LogP contribution in [0.4, 0.5) is 0 Å². The molecule has 4 heteroatoms. The SMILES string of the molecule is Clc1ccnc(-c2ncco2)c1. The van der Waals surface area contributed by atoms with E-state index >= 15 is 0 Å². The van der Waals surface area contributed by atoms with E-state index in [1.165, 1.54) is 6.26 Å². The van der Waals surface area contributed by atoms with Gasteiger partial charge < -0.3 is 4.42 Å². The molecular weight excluding hydrogens is 176 g/mol. The molecule has 0 saturated carbocycles. The average Bonchev–Trinajstić information content (AvgIpc) is 2.56. The second-order valence-electron chi connectivity index (χ2n) is 2.20. The lowest BCUT2D eigenvalue weighted by Crippen LogP contribution is -1.81. The first-order chi connectivity index (χ1) is 5.86. The summed E-state index contributed by atoms with van der Waals surface area (Å²) in [4.78, 5) is 7.98.